The van der Waals surface area contributed by atoms with E-state index < -0.39 is 0 Å². The first kappa shape index (κ1) is 16.5. The van der Waals surface area contributed by atoms with Crippen molar-refractivity contribution < 1.29 is 4.79 Å². The van der Waals surface area contributed by atoms with Crippen LogP contribution in [0.5, 0.6) is 0 Å². The summed E-state index contributed by atoms with van der Waals surface area (Å²) in [5.74, 6) is -0.176. The minimum atomic E-state index is -0.369. The third kappa shape index (κ3) is 4.84. The molecule has 0 spiro atoms. The van der Waals surface area contributed by atoms with Crippen LogP contribution in [0.1, 0.15) is 18.1 Å². The molecule has 5 heteroatoms. The van der Waals surface area contributed by atoms with E-state index in [2.05, 4.69) is 44.5 Å². The predicted octanol–water partition coefficient (Wildman–Crippen LogP) is 3.55. The van der Waals surface area contributed by atoms with Gasteiger partial charge in [-0.15, -0.1) is 0 Å². The van der Waals surface area contributed by atoms with Gasteiger partial charge in [-0.2, -0.15) is 5.10 Å². The topological polar surface area (TPSA) is 53.5 Å². The Kier molecular flexibility index (Phi) is 5.94. The fourth-order valence-electron chi connectivity index (χ4n) is 1.89. The van der Waals surface area contributed by atoms with Gasteiger partial charge in [0.15, 0.2) is 0 Å². The van der Waals surface area contributed by atoms with Crippen molar-refractivity contribution in [1.82, 2.24) is 5.43 Å². The van der Waals surface area contributed by atoms with Gasteiger partial charge in [0.05, 0.1) is 6.21 Å². The van der Waals surface area contributed by atoms with Crippen LogP contribution in [0.25, 0.3) is 0 Å². The van der Waals surface area contributed by atoms with Gasteiger partial charge in [0.2, 0.25) is 0 Å². The average Bonchev–Trinajstić information content (AvgIpc) is 2.51. The number of carbonyl (C=O) groups excluding carboxylic acids is 1. The molecule has 2 aromatic carbocycles. The molecule has 2 rings (SSSR count). The second-order valence-corrected chi connectivity index (χ2v) is 6.22. The number of hydrazone groups is 1. The van der Waals surface area contributed by atoms with Crippen LogP contribution < -0.4 is 10.7 Å². The Morgan fingerprint density at radius 1 is 1.23 bits per heavy atom. The van der Waals surface area contributed by atoms with Crippen molar-refractivity contribution in [3.05, 3.63) is 63.2 Å². The minimum Gasteiger partial charge on any atom is -0.374 e. The van der Waals surface area contributed by atoms with Gasteiger partial charge in [0, 0.05) is 9.26 Å². The molecule has 0 bridgehead atoms. The molecular weight excluding hydrogens is 389 g/mol. The van der Waals surface area contributed by atoms with Gasteiger partial charge in [-0.05, 0) is 65.8 Å². The van der Waals surface area contributed by atoms with Crippen LogP contribution in [0.3, 0.4) is 0 Å². The van der Waals surface area contributed by atoms with Gasteiger partial charge in [0.1, 0.15) is 6.04 Å². The van der Waals surface area contributed by atoms with E-state index in [9.17, 15) is 4.79 Å². The molecule has 1 atom stereocenters. The zero-order valence-electron chi connectivity index (χ0n) is 12.5. The number of hydrogen-bond acceptors (Lipinski definition) is 3. The maximum absolute atomic E-state index is 12.0. The maximum Gasteiger partial charge on any atom is 0.262 e. The van der Waals surface area contributed by atoms with Crippen LogP contribution in [0, 0.1) is 10.5 Å². The molecule has 2 aromatic rings. The Morgan fingerprint density at radius 2 is 1.95 bits per heavy atom. The Bertz CT molecular complexity index is 671. The van der Waals surface area contributed by atoms with E-state index in [0.717, 1.165) is 16.8 Å². The molecule has 2 N–H and O–H groups in total. The molecular formula is C17H18IN3O. The molecule has 1 amide bonds. The van der Waals surface area contributed by atoms with Crippen molar-refractivity contribution in [3.8, 4) is 0 Å². The van der Waals surface area contributed by atoms with E-state index in [-0.39, 0.29) is 11.9 Å². The Balaban J connectivity index is 1.91. The quantitative estimate of drug-likeness (QED) is 0.453. The lowest BCUT2D eigenvalue weighted by Crippen LogP contribution is -2.35. The van der Waals surface area contributed by atoms with Gasteiger partial charge in [-0.3, -0.25) is 4.79 Å². The number of carbonyl (C=O) groups is 1. The molecule has 0 aliphatic rings. The Hall–Kier alpha value is -1.89. The van der Waals surface area contributed by atoms with Gasteiger partial charge in [-0.1, -0.05) is 30.3 Å². The van der Waals surface area contributed by atoms with Crippen molar-refractivity contribution in [3.63, 3.8) is 0 Å². The molecule has 0 heterocycles. The summed E-state index contributed by atoms with van der Waals surface area (Å²) in [6, 6.07) is 15.3. The number of anilines is 1. The molecule has 0 saturated heterocycles. The summed E-state index contributed by atoms with van der Waals surface area (Å²) in [6.45, 7) is 3.83. The molecule has 0 aliphatic heterocycles. The zero-order chi connectivity index (χ0) is 15.9. The highest BCUT2D eigenvalue weighted by Crippen LogP contribution is 2.18. The fraction of sp³-hybridized carbons (Fsp3) is 0.176. The highest BCUT2D eigenvalue weighted by molar-refractivity contribution is 14.1. The van der Waals surface area contributed by atoms with E-state index in [1.807, 2.05) is 56.3 Å². The van der Waals surface area contributed by atoms with E-state index >= 15 is 0 Å². The second kappa shape index (κ2) is 7.93. The van der Waals surface area contributed by atoms with Crippen LogP contribution in [-0.4, -0.2) is 18.2 Å². The smallest absolute Gasteiger partial charge is 0.262 e. The largest absolute Gasteiger partial charge is 0.374 e. The molecule has 0 saturated carbocycles. The summed E-state index contributed by atoms with van der Waals surface area (Å²) in [5.41, 5.74) is 5.55. The van der Waals surface area contributed by atoms with Crippen LogP contribution in [0.4, 0.5) is 5.69 Å². The van der Waals surface area contributed by atoms with Crippen LogP contribution in [0.15, 0.2) is 53.6 Å². The lowest BCUT2D eigenvalue weighted by atomic mass is 10.2. The van der Waals surface area contributed by atoms with Gasteiger partial charge < -0.3 is 5.32 Å². The number of aryl methyl sites for hydroxylation is 1. The van der Waals surface area contributed by atoms with Crippen molar-refractivity contribution in [2.45, 2.75) is 19.9 Å². The third-order valence-corrected chi connectivity index (χ3v) is 3.81. The first-order chi connectivity index (χ1) is 10.6. The zero-order valence-corrected chi connectivity index (χ0v) is 14.7. The molecule has 4 nitrogen and oxygen atoms in total. The van der Waals surface area contributed by atoms with E-state index in [4.69, 9.17) is 0 Å². The standard InChI is InChI=1S/C17H18IN3O/c1-12-10-15(18)8-9-16(12)20-13(2)17(22)21-19-11-14-6-4-3-5-7-14/h3-11,13,20H,1-2H3,(H,21,22). The van der Waals surface area contributed by atoms with E-state index in [1.165, 1.54) is 3.57 Å². The highest BCUT2D eigenvalue weighted by Gasteiger charge is 2.12. The number of nitrogens with zero attached hydrogens (tertiary/aromatic N) is 1. The van der Waals surface area contributed by atoms with E-state index in [1.54, 1.807) is 6.21 Å². The van der Waals surface area contributed by atoms with Gasteiger partial charge in [0.25, 0.3) is 5.91 Å². The average molecular weight is 407 g/mol. The molecule has 0 fully saturated rings. The first-order valence-corrected chi connectivity index (χ1v) is 8.05. The van der Waals surface area contributed by atoms with Gasteiger partial charge >= 0.3 is 0 Å². The van der Waals surface area contributed by atoms with Crippen molar-refractivity contribution in [2.24, 2.45) is 5.10 Å². The summed E-state index contributed by atoms with van der Waals surface area (Å²) < 4.78 is 1.17. The number of nitrogens with one attached hydrogen (secondary N) is 2. The lowest BCUT2D eigenvalue weighted by molar-refractivity contribution is -0.121. The summed E-state index contributed by atoms with van der Waals surface area (Å²) in [6.07, 6.45) is 1.63. The molecule has 0 aliphatic carbocycles. The van der Waals surface area contributed by atoms with Crippen LogP contribution in [-0.2, 0) is 4.79 Å². The monoisotopic (exact) mass is 407 g/mol. The summed E-state index contributed by atoms with van der Waals surface area (Å²) >= 11 is 2.27. The van der Waals surface area contributed by atoms with Crippen LogP contribution in [0.2, 0.25) is 0 Å². The van der Waals surface area contributed by atoms with Crippen molar-refractivity contribution in [2.75, 3.05) is 5.32 Å². The molecule has 0 aromatic heterocycles. The lowest BCUT2D eigenvalue weighted by Gasteiger charge is -2.15. The number of benzene rings is 2. The number of halogens is 1. The third-order valence-electron chi connectivity index (χ3n) is 3.14. The maximum atomic E-state index is 12.0. The summed E-state index contributed by atoms with van der Waals surface area (Å²) in [4.78, 5) is 12.0. The SMILES string of the molecule is Cc1cc(I)ccc1NC(C)C(=O)NN=Cc1ccccc1. The van der Waals surface area contributed by atoms with E-state index in [0.29, 0.717) is 0 Å². The second-order valence-electron chi connectivity index (χ2n) is 4.97. The number of hydrogen-bond donors (Lipinski definition) is 2. The number of amides is 1. The summed E-state index contributed by atoms with van der Waals surface area (Å²) in [7, 11) is 0. The molecule has 0 radical (unpaired) electrons. The van der Waals surface area contributed by atoms with Crippen molar-refractivity contribution in [1.29, 1.82) is 0 Å². The Labute approximate surface area is 144 Å². The highest BCUT2D eigenvalue weighted by atomic mass is 127. The predicted molar refractivity (Wildman–Crippen MR) is 99.2 cm³/mol. The van der Waals surface area contributed by atoms with Crippen molar-refractivity contribution >= 4 is 40.4 Å². The molecule has 22 heavy (non-hydrogen) atoms. The summed E-state index contributed by atoms with van der Waals surface area (Å²) in [5, 5.41) is 7.17. The molecule has 1 unspecified atom stereocenters. The fourth-order valence-corrected chi connectivity index (χ4v) is 2.54. The Morgan fingerprint density at radius 3 is 2.64 bits per heavy atom. The normalized spacial score (nSPS) is 12.1. The minimum absolute atomic E-state index is 0.176. The van der Waals surface area contributed by atoms with Crippen LogP contribution >= 0.6 is 22.6 Å². The number of rotatable bonds is 5. The molecule has 114 valence electrons. The first-order valence-electron chi connectivity index (χ1n) is 6.97. The van der Waals surface area contributed by atoms with Gasteiger partial charge in [-0.25, -0.2) is 5.43 Å².